The molecule has 0 saturated heterocycles. The van der Waals surface area contributed by atoms with Crippen molar-refractivity contribution < 1.29 is 14.3 Å². The minimum absolute atomic E-state index is 0.147. The first-order valence-corrected chi connectivity index (χ1v) is 6.58. The minimum atomic E-state index is -0.355. The van der Waals surface area contributed by atoms with Crippen molar-refractivity contribution in [2.45, 2.75) is 13.3 Å². The SMILES string of the molecule is COC(=O)CCNC(=O)c1cnn(-c2ccccc2)c1C. The summed E-state index contributed by atoms with van der Waals surface area (Å²) in [4.78, 5) is 23.1. The molecule has 0 radical (unpaired) electrons. The number of hydrogen-bond acceptors (Lipinski definition) is 4. The van der Waals surface area contributed by atoms with Crippen LogP contribution in [0, 0.1) is 6.92 Å². The van der Waals surface area contributed by atoms with Crippen LogP contribution in [-0.2, 0) is 9.53 Å². The number of carbonyl (C=O) groups excluding carboxylic acids is 2. The zero-order chi connectivity index (χ0) is 15.2. The quantitative estimate of drug-likeness (QED) is 0.845. The van der Waals surface area contributed by atoms with Crippen molar-refractivity contribution >= 4 is 11.9 Å². The molecule has 6 heteroatoms. The van der Waals surface area contributed by atoms with Gasteiger partial charge < -0.3 is 10.1 Å². The minimum Gasteiger partial charge on any atom is -0.469 e. The molecular formula is C15H17N3O3. The third-order valence-electron chi connectivity index (χ3n) is 3.10. The number of hydrogen-bond donors (Lipinski definition) is 1. The molecular weight excluding hydrogens is 270 g/mol. The Labute approximate surface area is 122 Å². The van der Waals surface area contributed by atoms with Gasteiger partial charge in [0.2, 0.25) is 0 Å². The highest BCUT2D eigenvalue weighted by atomic mass is 16.5. The summed E-state index contributed by atoms with van der Waals surface area (Å²) in [6.07, 6.45) is 1.67. The lowest BCUT2D eigenvalue weighted by molar-refractivity contribution is -0.140. The fourth-order valence-electron chi connectivity index (χ4n) is 1.94. The van der Waals surface area contributed by atoms with Crippen LogP contribution in [-0.4, -0.2) is 35.3 Å². The molecule has 0 aliphatic rings. The van der Waals surface area contributed by atoms with E-state index in [1.165, 1.54) is 13.3 Å². The Bertz CT molecular complexity index is 635. The van der Waals surface area contributed by atoms with Crippen molar-refractivity contribution in [3.05, 3.63) is 47.8 Å². The molecule has 0 atom stereocenters. The number of para-hydroxylation sites is 1. The topological polar surface area (TPSA) is 73.2 Å². The van der Waals surface area contributed by atoms with Crippen LogP contribution in [0.4, 0.5) is 0 Å². The number of esters is 1. The Morgan fingerprint density at radius 2 is 2.00 bits per heavy atom. The van der Waals surface area contributed by atoms with Gasteiger partial charge in [0.15, 0.2) is 0 Å². The molecule has 1 aromatic heterocycles. The molecule has 0 unspecified atom stereocenters. The number of carbonyl (C=O) groups is 2. The van der Waals surface area contributed by atoms with E-state index in [2.05, 4.69) is 15.2 Å². The van der Waals surface area contributed by atoms with E-state index in [0.717, 1.165) is 11.4 Å². The van der Waals surface area contributed by atoms with Gasteiger partial charge in [-0.2, -0.15) is 5.10 Å². The standard InChI is InChI=1S/C15H17N3O3/c1-11-13(15(20)16-9-8-14(19)21-2)10-17-18(11)12-6-4-3-5-7-12/h3-7,10H,8-9H2,1-2H3,(H,16,20). The Kier molecular flexibility index (Phi) is 4.71. The molecule has 1 heterocycles. The lowest BCUT2D eigenvalue weighted by Gasteiger charge is -2.06. The Morgan fingerprint density at radius 3 is 2.67 bits per heavy atom. The highest BCUT2D eigenvalue weighted by Crippen LogP contribution is 2.13. The van der Waals surface area contributed by atoms with Crippen LogP contribution in [0.25, 0.3) is 5.69 Å². The van der Waals surface area contributed by atoms with Crippen molar-refractivity contribution in [2.24, 2.45) is 0 Å². The first-order chi connectivity index (χ1) is 10.1. The molecule has 0 bridgehead atoms. The van der Waals surface area contributed by atoms with Gasteiger partial charge in [-0.15, -0.1) is 0 Å². The average Bonchev–Trinajstić information content (AvgIpc) is 2.89. The van der Waals surface area contributed by atoms with Crippen molar-refractivity contribution in [3.8, 4) is 5.69 Å². The van der Waals surface area contributed by atoms with Crippen LogP contribution in [0.15, 0.2) is 36.5 Å². The van der Waals surface area contributed by atoms with E-state index in [0.29, 0.717) is 5.56 Å². The van der Waals surface area contributed by atoms with Gasteiger partial charge in [-0.05, 0) is 19.1 Å². The number of amides is 1. The Balaban J connectivity index is 2.06. The van der Waals surface area contributed by atoms with Crippen molar-refractivity contribution in [3.63, 3.8) is 0 Å². The van der Waals surface area contributed by atoms with E-state index in [1.807, 2.05) is 37.3 Å². The fraction of sp³-hybridized carbons (Fsp3) is 0.267. The molecule has 2 rings (SSSR count). The van der Waals surface area contributed by atoms with E-state index in [9.17, 15) is 9.59 Å². The van der Waals surface area contributed by atoms with E-state index in [-0.39, 0.29) is 24.8 Å². The van der Waals surface area contributed by atoms with E-state index in [1.54, 1.807) is 4.68 Å². The molecule has 110 valence electrons. The number of ether oxygens (including phenoxy) is 1. The maximum atomic E-state index is 12.1. The first-order valence-electron chi connectivity index (χ1n) is 6.58. The molecule has 2 aromatic rings. The number of benzene rings is 1. The lowest BCUT2D eigenvalue weighted by atomic mass is 10.2. The average molecular weight is 287 g/mol. The van der Waals surface area contributed by atoms with Gasteiger partial charge in [-0.25, -0.2) is 4.68 Å². The summed E-state index contributed by atoms with van der Waals surface area (Å²) in [7, 11) is 1.32. The van der Waals surface area contributed by atoms with Gasteiger partial charge in [-0.3, -0.25) is 9.59 Å². The highest BCUT2D eigenvalue weighted by Gasteiger charge is 2.15. The Hall–Kier alpha value is -2.63. The molecule has 21 heavy (non-hydrogen) atoms. The van der Waals surface area contributed by atoms with Crippen LogP contribution in [0.5, 0.6) is 0 Å². The molecule has 6 nitrogen and oxygen atoms in total. The van der Waals surface area contributed by atoms with Crippen LogP contribution >= 0.6 is 0 Å². The summed E-state index contributed by atoms with van der Waals surface area (Å²) in [5.41, 5.74) is 2.13. The van der Waals surface area contributed by atoms with Gasteiger partial charge in [-0.1, -0.05) is 18.2 Å². The molecule has 0 aliphatic heterocycles. The second-order valence-electron chi connectivity index (χ2n) is 4.47. The first kappa shape index (κ1) is 14.8. The summed E-state index contributed by atoms with van der Waals surface area (Å²) in [6, 6.07) is 9.57. The number of rotatable bonds is 5. The molecule has 1 N–H and O–H groups in total. The van der Waals surface area contributed by atoms with E-state index in [4.69, 9.17) is 0 Å². The van der Waals surface area contributed by atoms with Crippen LogP contribution < -0.4 is 5.32 Å². The number of nitrogens with one attached hydrogen (secondary N) is 1. The lowest BCUT2D eigenvalue weighted by Crippen LogP contribution is -2.26. The second-order valence-corrected chi connectivity index (χ2v) is 4.47. The third kappa shape index (κ3) is 3.47. The zero-order valence-electron chi connectivity index (χ0n) is 12.0. The normalized spacial score (nSPS) is 10.2. The fourth-order valence-corrected chi connectivity index (χ4v) is 1.94. The van der Waals surface area contributed by atoms with Crippen LogP contribution in [0.2, 0.25) is 0 Å². The molecule has 1 amide bonds. The van der Waals surface area contributed by atoms with Crippen LogP contribution in [0.1, 0.15) is 22.5 Å². The van der Waals surface area contributed by atoms with Gasteiger partial charge in [0.25, 0.3) is 5.91 Å². The monoisotopic (exact) mass is 287 g/mol. The van der Waals surface area contributed by atoms with E-state index >= 15 is 0 Å². The molecule has 0 fully saturated rings. The highest BCUT2D eigenvalue weighted by molar-refractivity contribution is 5.95. The predicted octanol–water partition coefficient (Wildman–Crippen LogP) is 1.47. The van der Waals surface area contributed by atoms with Crippen molar-refractivity contribution in [2.75, 3.05) is 13.7 Å². The van der Waals surface area contributed by atoms with Crippen molar-refractivity contribution in [1.29, 1.82) is 0 Å². The van der Waals surface area contributed by atoms with Crippen LogP contribution in [0.3, 0.4) is 0 Å². The summed E-state index contributed by atoms with van der Waals surface area (Å²) < 4.78 is 6.22. The predicted molar refractivity (Wildman–Crippen MR) is 77.3 cm³/mol. The molecule has 0 aliphatic carbocycles. The molecule has 0 spiro atoms. The number of aromatic nitrogens is 2. The summed E-state index contributed by atoms with van der Waals surface area (Å²) in [5.74, 6) is -0.606. The molecule has 1 aromatic carbocycles. The number of nitrogens with zero attached hydrogens (tertiary/aromatic N) is 2. The largest absolute Gasteiger partial charge is 0.469 e. The second kappa shape index (κ2) is 6.69. The van der Waals surface area contributed by atoms with Gasteiger partial charge in [0.1, 0.15) is 0 Å². The van der Waals surface area contributed by atoms with E-state index < -0.39 is 0 Å². The van der Waals surface area contributed by atoms with Gasteiger partial charge >= 0.3 is 5.97 Å². The van der Waals surface area contributed by atoms with Gasteiger partial charge in [0.05, 0.1) is 36.7 Å². The zero-order valence-corrected chi connectivity index (χ0v) is 12.0. The summed E-state index contributed by atoms with van der Waals surface area (Å²) >= 11 is 0. The Morgan fingerprint density at radius 1 is 1.29 bits per heavy atom. The number of methoxy groups -OCH3 is 1. The smallest absolute Gasteiger partial charge is 0.307 e. The van der Waals surface area contributed by atoms with Gasteiger partial charge in [0, 0.05) is 6.54 Å². The van der Waals surface area contributed by atoms with Crippen molar-refractivity contribution in [1.82, 2.24) is 15.1 Å². The third-order valence-corrected chi connectivity index (χ3v) is 3.10. The maximum Gasteiger partial charge on any atom is 0.307 e. The summed E-state index contributed by atoms with van der Waals surface area (Å²) in [5, 5.41) is 6.91. The molecule has 0 saturated carbocycles. The summed E-state index contributed by atoms with van der Waals surface area (Å²) in [6.45, 7) is 2.07. The maximum absolute atomic E-state index is 12.1.